The molecular weight excluding hydrogens is 136 g/mol. The van der Waals surface area contributed by atoms with Crippen molar-refractivity contribution in [3.63, 3.8) is 0 Å². The van der Waals surface area contributed by atoms with Crippen LogP contribution in [-0.4, -0.2) is 11.2 Å². The van der Waals surface area contributed by atoms with Crippen LogP contribution in [-0.2, 0) is 0 Å². The summed E-state index contributed by atoms with van der Waals surface area (Å²) in [6.07, 6.45) is 9.00. The van der Waals surface area contributed by atoms with Crippen molar-refractivity contribution in [1.82, 2.24) is 0 Å². The Morgan fingerprint density at radius 1 is 1.64 bits per heavy atom. The van der Waals surface area contributed by atoms with Crippen LogP contribution in [0.15, 0.2) is 11.6 Å². The highest BCUT2D eigenvalue weighted by Gasteiger charge is 2.09. The zero-order chi connectivity index (χ0) is 8.10. The molecule has 0 fully saturated rings. The number of allylic oxidation sites excluding steroid dienone is 1. The summed E-state index contributed by atoms with van der Waals surface area (Å²) < 4.78 is 0. The molecule has 1 heteroatoms. The summed E-state index contributed by atoms with van der Waals surface area (Å²) in [5.74, 6) is 0. The van der Waals surface area contributed by atoms with E-state index >= 15 is 0 Å². The molecule has 0 saturated carbocycles. The fourth-order valence-electron chi connectivity index (χ4n) is 1.51. The van der Waals surface area contributed by atoms with Crippen molar-refractivity contribution < 1.29 is 5.11 Å². The van der Waals surface area contributed by atoms with Crippen molar-refractivity contribution in [3.05, 3.63) is 11.6 Å². The van der Waals surface area contributed by atoms with Crippen LogP contribution >= 0.6 is 0 Å². The molecule has 0 bridgehead atoms. The van der Waals surface area contributed by atoms with Crippen LogP contribution in [0.5, 0.6) is 0 Å². The van der Waals surface area contributed by atoms with Gasteiger partial charge < -0.3 is 5.11 Å². The summed E-state index contributed by atoms with van der Waals surface area (Å²) in [6.45, 7) is 2.22. The molecule has 0 heterocycles. The van der Waals surface area contributed by atoms with E-state index in [1.165, 1.54) is 19.3 Å². The van der Waals surface area contributed by atoms with Gasteiger partial charge in [-0.1, -0.05) is 25.0 Å². The van der Waals surface area contributed by atoms with Crippen molar-refractivity contribution in [1.29, 1.82) is 0 Å². The van der Waals surface area contributed by atoms with Crippen LogP contribution in [0, 0.1) is 0 Å². The van der Waals surface area contributed by atoms with Crippen LogP contribution < -0.4 is 0 Å². The smallest absolute Gasteiger partial charge is 0.0577 e. The molecule has 0 amide bonds. The lowest BCUT2D eigenvalue weighted by Crippen LogP contribution is -2.09. The molecule has 1 aliphatic carbocycles. The third-order valence-corrected chi connectivity index (χ3v) is 2.33. The molecular formula is C10H18O. The van der Waals surface area contributed by atoms with Gasteiger partial charge in [-0.05, 0) is 32.1 Å². The quantitative estimate of drug-likeness (QED) is 0.619. The Morgan fingerprint density at radius 2 is 2.45 bits per heavy atom. The number of hydrogen-bond donors (Lipinski definition) is 1. The van der Waals surface area contributed by atoms with E-state index in [0.717, 1.165) is 19.3 Å². The van der Waals surface area contributed by atoms with Gasteiger partial charge in [0.1, 0.15) is 0 Å². The third kappa shape index (κ3) is 3.06. The van der Waals surface area contributed by atoms with Gasteiger partial charge in [0.25, 0.3) is 0 Å². The van der Waals surface area contributed by atoms with E-state index < -0.39 is 0 Å². The molecule has 1 nitrogen and oxygen atoms in total. The second-order valence-corrected chi connectivity index (χ2v) is 3.39. The van der Waals surface area contributed by atoms with E-state index in [0.29, 0.717) is 0 Å². The number of rotatable bonds is 3. The van der Waals surface area contributed by atoms with Gasteiger partial charge >= 0.3 is 0 Å². The average Bonchev–Trinajstić information content (AvgIpc) is 2.04. The Morgan fingerprint density at radius 3 is 3.00 bits per heavy atom. The van der Waals surface area contributed by atoms with Gasteiger partial charge in [-0.25, -0.2) is 0 Å². The van der Waals surface area contributed by atoms with Gasteiger partial charge in [0, 0.05) is 0 Å². The van der Waals surface area contributed by atoms with Crippen LogP contribution in [0.1, 0.15) is 45.4 Å². The predicted molar refractivity (Wildman–Crippen MR) is 47.5 cm³/mol. The molecule has 0 aliphatic heterocycles. The van der Waals surface area contributed by atoms with Crippen molar-refractivity contribution >= 4 is 0 Å². The molecule has 0 saturated heterocycles. The first-order valence-corrected chi connectivity index (χ1v) is 4.69. The summed E-state index contributed by atoms with van der Waals surface area (Å²) in [6, 6.07) is 0. The van der Waals surface area contributed by atoms with Gasteiger partial charge in [-0.3, -0.25) is 0 Å². The van der Waals surface area contributed by atoms with Gasteiger partial charge in [-0.15, -0.1) is 0 Å². The molecule has 0 aromatic carbocycles. The molecule has 1 unspecified atom stereocenters. The molecule has 0 aromatic rings. The highest BCUT2D eigenvalue weighted by Crippen LogP contribution is 2.21. The Hall–Kier alpha value is -0.300. The maximum absolute atomic E-state index is 9.21. The van der Waals surface area contributed by atoms with E-state index in [1.807, 2.05) is 0 Å². The molecule has 0 spiro atoms. The van der Waals surface area contributed by atoms with Gasteiger partial charge in [0.2, 0.25) is 0 Å². The minimum absolute atomic E-state index is 0.0552. The standard InChI is InChI=1S/C10H18O/c1-2-3-4-9-5-7-10(11)8-6-9/h5,10-11H,2-4,6-8H2,1H3. The zero-order valence-electron chi connectivity index (χ0n) is 7.34. The molecule has 11 heavy (non-hydrogen) atoms. The van der Waals surface area contributed by atoms with Crippen molar-refractivity contribution in [2.24, 2.45) is 0 Å². The molecule has 1 aliphatic rings. The van der Waals surface area contributed by atoms with Gasteiger partial charge in [-0.2, -0.15) is 0 Å². The third-order valence-electron chi connectivity index (χ3n) is 2.33. The minimum Gasteiger partial charge on any atom is -0.393 e. The fourth-order valence-corrected chi connectivity index (χ4v) is 1.51. The number of aliphatic hydroxyl groups is 1. The summed E-state index contributed by atoms with van der Waals surface area (Å²) in [4.78, 5) is 0. The second-order valence-electron chi connectivity index (χ2n) is 3.39. The first-order valence-electron chi connectivity index (χ1n) is 4.69. The van der Waals surface area contributed by atoms with Gasteiger partial charge in [0.15, 0.2) is 0 Å². The van der Waals surface area contributed by atoms with Crippen molar-refractivity contribution in [3.8, 4) is 0 Å². The highest BCUT2D eigenvalue weighted by molar-refractivity contribution is 5.06. The number of aliphatic hydroxyl groups excluding tert-OH is 1. The predicted octanol–water partition coefficient (Wildman–Crippen LogP) is 2.65. The average molecular weight is 154 g/mol. The molecule has 1 rings (SSSR count). The van der Waals surface area contributed by atoms with E-state index in [9.17, 15) is 5.11 Å². The van der Waals surface area contributed by atoms with E-state index in [4.69, 9.17) is 0 Å². The SMILES string of the molecule is CCCCC1=CCC(O)CC1. The Bertz CT molecular complexity index is 138. The first-order chi connectivity index (χ1) is 5.33. The Balaban J connectivity index is 2.24. The van der Waals surface area contributed by atoms with Crippen LogP contribution in [0.3, 0.4) is 0 Å². The fraction of sp³-hybridized carbons (Fsp3) is 0.800. The maximum Gasteiger partial charge on any atom is 0.0577 e. The monoisotopic (exact) mass is 154 g/mol. The zero-order valence-corrected chi connectivity index (χ0v) is 7.34. The Kier molecular flexibility index (Phi) is 3.64. The topological polar surface area (TPSA) is 20.2 Å². The molecule has 1 N–H and O–H groups in total. The van der Waals surface area contributed by atoms with Crippen LogP contribution in [0.25, 0.3) is 0 Å². The second kappa shape index (κ2) is 4.55. The van der Waals surface area contributed by atoms with E-state index in [-0.39, 0.29) is 6.10 Å². The van der Waals surface area contributed by atoms with Gasteiger partial charge in [0.05, 0.1) is 6.10 Å². The van der Waals surface area contributed by atoms with E-state index in [2.05, 4.69) is 13.0 Å². The lowest BCUT2D eigenvalue weighted by Gasteiger charge is -2.16. The normalized spacial score (nSPS) is 24.9. The highest BCUT2D eigenvalue weighted by atomic mass is 16.3. The van der Waals surface area contributed by atoms with Crippen LogP contribution in [0.4, 0.5) is 0 Å². The molecule has 0 aromatic heterocycles. The minimum atomic E-state index is -0.0552. The molecule has 0 radical (unpaired) electrons. The van der Waals surface area contributed by atoms with Crippen molar-refractivity contribution in [2.45, 2.75) is 51.6 Å². The maximum atomic E-state index is 9.21. The Labute approximate surface area is 69.1 Å². The lowest BCUT2D eigenvalue weighted by molar-refractivity contribution is 0.162. The summed E-state index contributed by atoms with van der Waals surface area (Å²) in [7, 11) is 0. The van der Waals surface area contributed by atoms with Crippen molar-refractivity contribution in [2.75, 3.05) is 0 Å². The largest absolute Gasteiger partial charge is 0.393 e. The van der Waals surface area contributed by atoms with Crippen LogP contribution in [0.2, 0.25) is 0 Å². The van der Waals surface area contributed by atoms with E-state index in [1.54, 1.807) is 5.57 Å². The summed E-state index contributed by atoms with van der Waals surface area (Å²) in [5.41, 5.74) is 1.57. The number of hydrogen-bond acceptors (Lipinski definition) is 1. The summed E-state index contributed by atoms with van der Waals surface area (Å²) in [5, 5.41) is 9.21. The molecule has 64 valence electrons. The first kappa shape index (κ1) is 8.79. The number of unbranched alkanes of at least 4 members (excludes halogenated alkanes) is 1. The molecule has 1 atom stereocenters. The lowest BCUT2D eigenvalue weighted by atomic mass is 9.94. The summed E-state index contributed by atoms with van der Waals surface area (Å²) >= 11 is 0.